The highest BCUT2D eigenvalue weighted by Gasteiger charge is 2.27. The summed E-state index contributed by atoms with van der Waals surface area (Å²) in [4.78, 5) is 35.9. The number of aryl methyl sites for hydroxylation is 1. The number of amides is 1. The number of nitrogens with one attached hydrogen (secondary N) is 1. The molecule has 1 aromatic carbocycles. The predicted molar refractivity (Wildman–Crippen MR) is 103 cm³/mol. The lowest BCUT2D eigenvalue weighted by Crippen LogP contribution is -2.46. The van der Waals surface area contributed by atoms with Gasteiger partial charge < -0.3 is 11.1 Å². The molecule has 1 aliphatic carbocycles. The lowest BCUT2D eigenvalue weighted by atomic mass is 9.84. The number of nitro groups is 1. The summed E-state index contributed by atoms with van der Waals surface area (Å²) in [6.45, 7) is 2.07. The second-order valence-corrected chi connectivity index (χ2v) is 7.02. The van der Waals surface area contributed by atoms with Crippen LogP contribution in [0.2, 0.25) is 0 Å². The fraction of sp³-hybridized carbons (Fsp3) is 0.421. The number of nitrogens with zero attached hydrogens (tertiary/aromatic N) is 3. The third-order valence-electron chi connectivity index (χ3n) is 5.16. The highest BCUT2D eigenvalue weighted by atomic mass is 16.6. The van der Waals surface area contributed by atoms with Crippen LogP contribution < -0.4 is 16.5 Å². The van der Waals surface area contributed by atoms with E-state index in [2.05, 4.69) is 10.4 Å². The molecule has 3 N–H and O–H groups in total. The quantitative estimate of drug-likeness (QED) is 0.594. The van der Waals surface area contributed by atoms with Gasteiger partial charge in [0.1, 0.15) is 5.69 Å². The molecule has 2 atom stereocenters. The SMILES string of the molecule is Cc1cc(=O)c(C(=O)NC2CCCCC2CN)nn1-c1ccccc1[N+](=O)[O-]. The van der Waals surface area contributed by atoms with E-state index in [4.69, 9.17) is 5.73 Å². The minimum absolute atomic E-state index is 0.103. The fourth-order valence-corrected chi connectivity index (χ4v) is 3.66. The Kier molecular flexibility index (Phi) is 5.84. The van der Waals surface area contributed by atoms with Gasteiger partial charge in [0.05, 0.1) is 4.92 Å². The molecule has 1 fully saturated rings. The molecule has 0 spiro atoms. The summed E-state index contributed by atoms with van der Waals surface area (Å²) in [5.41, 5.74) is 5.42. The molecular formula is C19H23N5O4. The number of nitro benzene ring substituents is 1. The van der Waals surface area contributed by atoms with Crippen molar-refractivity contribution in [3.05, 3.63) is 62.1 Å². The zero-order valence-electron chi connectivity index (χ0n) is 15.6. The third kappa shape index (κ3) is 3.94. The summed E-state index contributed by atoms with van der Waals surface area (Å²) < 4.78 is 1.26. The number of aromatic nitrogens is 2. The van der Waals surface area contributed by atoms with Gasteiger partial charge in [0.15, 0.2) is 5.69 Å². The number of carbonyl (C=O) groups excluding carboxylic acids is 1. The zero-order chi connectivity index (χ0) is 20.3. The van der Waals surface area contributed by atoms with E-state index in [0.717, 1.165) is 25.7 Å². The number of carbonyl (C=O) groups is 1. The van der Waals surface area contributed by atoms with Crippen molar-refractivity contribution in [3.8, 4) is 5.69 Å². The fourth-order valence-electron chi connectivity index (χ4n) is 3.66. The topological polar surface area (TPSA) is 133 Å². The van der Waals surface area contributed by atoms with Crippen LogP contribution in [0.3, 0.4) is 0 Å². The van der Waals surface area contributed by atoms with Crippen molar-refractivity contribution in [2.45, 2.75) is 38.6 Å². The number of hydrogen-bond acceptors (Lipinski definition) is 6. The van der Waals surface area contributed by atoms with Gasteiger partial charge in [-0.2, -0.15) is 5.10 Å². The standard InChI is InChI=1S/C19H23N5O4/c1-12-10-17(25)18(19(26)21-14-7-3-2-6-13(14)11-20)22-23(12)15-8-4-5-9-16(15)24(27)28/h4-5,8-10,13-14H,2-3,6-7,11,20H2,1H3,(H,21,26). The zero-order valence-corrected chi connectivity index (χ0v) is 15.6. The van der Waals surface area contributed by atoms with Gasteiger partial charge in [0.2, 0.25) is 5.43 Å². The molecule has 3 rings (SSSR count). The maximum absolute atomic E-state index is 12.7. The monoisotopic (exact) mass is 385 g/mol. The lowest BCUT2D eigenvalue weighted by molar-refractivity contribution is -0.384. The van der Waals surface area contributed by atoms with Crippen molar-refractivity contribution >= 4 is 11.6 Å². The third-order valence-corrected chi connectivity index (χ3v) is 5.16. The summed E-state index contributed by atoms with van der Waals surface area (Å²) in [6.07, 6.45) is 3.80. The highest BCUT2D eigenvalue weighted by molar-refractivity contribution is 5.92. The number of rotatable bonds is 5. The average Bonchev–Trinajstić information content (AvgIpc) is 2.68. The number of nitrogens with two attached hydrogens (primary N) is 1. The second-order valence-electron chi connectivity index (χ2n) is 7.02. The number of hydrogen-bond donors (Lipinski definition) is 2. The minimum atomic E-state index is -0.581. The minimum Gasteiger partial charge on any atom is -0.347 e. The van der Waals surface area contributed by atoms with Crippen LogP contribution >= 0.6 is 0 Å². The first-order valence-corrected chi connectivity index (χ1v) is 9.28. The highest BCUT2D eigenvalue weighted by Crippen LogP contribution is 2.24. The Morgan fingerprint density at radius 3 is 2.79 bits per heavy atom. The Morgan fingerprint density at radius 2 is 2.07 bits per heavy atom. The van der Waals surface area contributed by atoms with Crippen LogP contribution in [0.1, 0.15) is 41.9 Å². The summed E-state index contributed by atoms with van der Waals surface area (Å²) in [7, 11) is 0. The van der Waals surface area contributed by atoms with E-state index in [0.29, 0.717) is 12.2 Å². The van der Waals surface area contributed by atoms with Crippen molar-refractivity contribution in [2.24, 2.45) is 11.7 Å². The Morgan fingerprint density at radius 1 is 1.36 bits per heavy atom. The summed E-state index contributed by atoms with van der Waals surface area (Å²) in [6, 6.07) is 7.21. The summed E-state index contributed by atoms with van der Waals surface area (Å²) in [5.74, 6) is -0.414. The first-order chi connectivity index (χ1) is 13.4. The van der Waals surface area contributed by atoms with Gasteiger partial charge in [-0.1, -0.05) is 25.0 Å². The molecule has 1 aromatic heterocycles. The van der Waals surface area contributed by atoms with Crippen LogP contribution in [-0.2, 0) is 0 Å². The molecule has 0 aliphatic heterocycles. The van der Waals surface area contributed by atoms with Crippen LogP contribution in [0.15, 0.2) is 35.1 Å². The Balaban J connectivity index is 1.97. The molecule has 1 heterocycles. The van der Waals surface area contributed by atoms with E-state index < -0.39 is 16.3 Å². The van der Waals surface area contributed by atoms with Gasteiger partial charge in [0, 0.05) is 23.9 Å². The van der Waals surface area contributed by atoms with Gasteiger partial charge in [-0.15, -0.1) is 0 Å². The molecule has 0 radical (unpaired) electrons. The van der Waals surface area contributed by atoms with Gasteiger partial charge in [-0.05, 0) is 38.3 Å². The van der Waals surface area contributed by atoms with E-state index >= 15 is 0 Å². The van der Waals surface area contributed by atoms with Crippen LogP contribution in [0.25, 0.3) is 5.69 Å². The van der Waals surface area contributed by atoms with Crippen LogP contribution in [-0.4, -0.2) is 33.2 Å². The van der Waals surface area contributed by atoms with Crippen LogP contribution in [0.5, 0.6) is 0 Å². The Bertz CT molecular complexity index is 956. The molecule has 2 aromatic rings. The number of para-hydroxylation sites is 2. The maximum atomic E-state index is 12.7. The van der Waals surface area contributed by atoms with Gasteiger partial charge in [-0.3, -0.25) is 19.7 Å². The molecular weight excluding hydrogens is 362 g/mol. The number of benzene rings is 1. The smallest absolute Gasteiger partial charge is 0.294 e. The van der Waals surface area contributed by atoms with E-state index in [1.54, 1.807) is 19.1 Å². The first kappa shape index (κ1) is 19.7. The van der Waals surface area contributed by atoms with Crippen molar-refractivity contribution in [3.63, 3.8) is 0 Å². The molecule has 9 heteroatoms. The first-order valence-electron chi connectivity index (χ1n) is 9.28. The largest absolute Gasteiger partial charge is 0.347 e. The average molecular weight is 385 g/mol. The summed E-state index contributed by atoms with van der Waals surface area (Å²) in [5, 5.41) is 18.4. The van der Waals surface area contributed by atoms with Crippen molar-refractivity contribution in [1.29, 1.82) is 0 Å². The molecule has 9 nitrogen and oxygen atoms in total. The molecule has 2 unspecified atom stereocenters. The molecule has 1 aliphatic rings. The lowest BCUT2D eigenvalue weighted by Gasteiger charge is -2.31. The van der Waals surface area contributed by atoms with E-state index in [-0.39, 0.29) is 29.0 Å². The molecule has 1 amide bonds. The van der Waals surface area contributed by atoms with Gasteiger partial charge in [-0.25, -0.2) is 4.68 Å². The van der Waals surface area contributed by atoms with Crippen LogP contribution in [0.4, 0.5) is 5.69 Å². The normalized spacial score (nSPS) is 19.2. The Hall–Kier alpha value is -3.07. The molecule has 0 bridgehead atoms. The van der Waals surface area contributed by atoms with Gasteiger partial charge >= 0.3 is 0 Å². The van der Waals surface area contributed by atoms with E-state index in [9.17, 15) is 19.7 Å². The molecule has 28 heavy (non-hydrogen) atoms. The van der Waals surface area contributed by atoms with E-state index in [1.807, 2.05) is 0 Å². The van der Waals surface area contributed by atoms with Crippen molar-refractivity contribution in [2.75, 3.05) is 6.54 Å². The van der Waals surface area contributed by atoms with Gasteiger partial charge in [0.25, 0.3) is 11.6 Å². The molecule has 148 valence electrons. The molecule has 1 saturated carbocycles. The van der Waals surface area contributed by atoms with Crippen molar-refractivity contribution in [1.82, 2.24) is 15.1 Å². The van der Waals surface area contributed by atoms with Crippen molar-refractivity contribution < 1.29 is 9.72 Å². The second kappa shape index (κ2) is 8.30. The van der Waals surface area contributed by atoms with Crippen LogP contribution in [0, 0.1) is 23.0 Å². The summed E-state index contributed by atoms with van der Waals surface area (Å²) >= 11 is 0. The predicted octanol–water partition coefficient (Wildman–Crippen LogP) is 1.70. The molecule has 0 saturated heterocycles. The maximum Gasteiger partial charge on any atom is 0.294 e. The Labute approximate surface area is 161 Å². The van der Waals surface area contributed by atoms with E-state index in [1.165, 1.54) is 22.9 Å².